The Morgan fingerprint density at radius 3 is 2.89 bits per heavy atom. The molecule has 0 unspecified atom stereocenters. The van der Waals surface area contributed by atoms with Gasteiger partial charge in [0.1, 0.15) is 11.9 Å². The van der Waals surface area contributed by atoms with E-state index in [-0.39, 0.29) is 35.2 Å². The van der Waals surface area contributed by atoms with Crippen LogP contribution in [0.2, 0.25) is 0 Å². The number of piperidine rings is 1. The van der Waals surface area contributed by atoms with Crippen LogP contribution in [0.5, 0.6) is 0 Å². The first-order valence-corrected chi connectivity index (χ1v) is 9.35. The summed E-state index contributed by atoms with van der Waals surface area (Å²) in [5.74, 6) is 0.472. The molecule has 10 nitrogen and oxygen atoms in total. The summed E-state index contributed by atoms with van der Waals surface area (Å²) in [5, 5.41) is 9.35. The van der Waals surface area contributed by atoms with Gasteiger partial charge in [-0.2, -0.15) is 4.98 Å². The number of hydrogen-bond acceptors (Lipinski definition) is 6. The molecule has 2 aliphatic rings. The fourth-order valence-corrected chi connectivity index (χ4v) is 4.36. The Balaban J connectivity index is 1.57. The van der Waals surface area contributed by atoms with Crippen molar-refractivity contribution in [2.45, 2.75) is 31.7 Å². The summed E-state index contributed by atoms with van der Waals surface area (Å²) in [6.07, 6.45) is 1.23. The molecule has 2 amide bonds. The number of rotatable bonds is 4. The Labute approximate surface area is 161 Å². The lowest BCUT2D eigenvalue weighted by Crippen LogP contribution is -2.54. The van der Waals surface area contributed by atoms with Crippen molar-refractivity contribution >= 4 is 17.8 Å². The maximum absolute atomic E-state index is 13.0. The lowest BCUT2D eigenvalue weighted by atomic mass is 9.78. The Morgan fingerprint density at radius 2 is 2.18 bits per heavy atom. The van der Waals surface area contributed by atoms with Crippen LogP contribution in [0.1, 0.15) is 36.8 Å². The third kappa shape index (κ3) is 3.25. The van der Waals surface area contributed by atoms with Crippen molar-refractivity contribution < 1.29 is 9.59 Å². The molecular formula is C18H23N7O3. The number of aromatic amines is 1. The molecule has 0 aliphatic carbocycles. The number of nitrogen functional groups attached to an aromatic ring is 1. The summed E-state index contributed by atoms with van der Waals surface area (Å²) in [5.41, 5.74) is 6.11. The van der Waals surface area contributed by atoms with Crippen LogP contribution in [0, 0.1) is 5.92 Å². The van der Waals surface area contributed by atoms with E-state index in [2.05, 4.69) is 20.5 Å². The highest BCUT2D eigenvalue weighted by atomic mass is 16.2. The molecule has 4 rings (SSSR count). The standard InChI is InChI=1S/C18H23N7O3/c1-10(26)24-8-11-7-12(9-24)16(25-13(11)3-2-4-15(25)27)17(28)20-6-5-14-21-18(19)23-22-14/h2-4,11-12,16H,5-9H2,1H3,(H,20,28)(H3,19,21,22,23)/t11-,12+,16-/m1/s1. The lowest BCUT2D eigenvalue weighted by molar-refractivity contribution is -0.135. The normalized spacial score (nSPS) is 23.2. The number of nitrogens with two attached hydrogens (primary N) is 1. The van der Waals surface area contributed by atoms with Crippen molar-refractivity contribution in [1.82, 2.24) is 30.0 Å². The van der Waals surface area contributed by atoms with Crippen LogP contribution in [0.3, 0.4) is 0 Å². The largest absolute Gasteiger partial charge is 0.367 e. The van der Waals surface area contributed by atoms with E-state index in [0.29, 0.717) is 31.9 Å². The highest BCUT2D eigenvalue weighted by Crippen LogP contribution is 2.41. The number of aromatic nitrogens is 4. The van der Waals surface area contributed by atoms with Gasteiger partial charge in [0.25, 0.3) is 5.56 Å². The van der Waals surface area contributed by atoms with Crippen molar-refractivity contribution in [3.05, 3.63) is 40.1 Å². The number of likely N-dealkylation sites (tertiary alicyclic amines) is 1. The summed E-state index contributed by atoms with van der Waals surface area (Å²) in [4.78, 5) is 43.4. The van der Waals surface area contributed by atoms with Crippen LogP contribution >= 0.6 is 0 Å². The van der Waals surface area contributed by atoms with Crippen LogP contribution in [-0.4, -0.2) is 56.1 Å². The molecular weight excluding hydrogens is 362 g/mol. The third-order valence-corrected chi connectivity index (χ3v) is 5.57. The quantitative estimate of drug-likeness (QED) is 0.643. The monoisotopic (exact) mass is 385 g/mol. The topological polar surface area (TPSA) is 139 Å². The molecule has 0 aromatic carbocycles. The molecule has 0 spiro atoms. The average molecular weight is 385 g/mol. The number of amides is 2. The Bertz CT molecular complexity index is 966. The number of nitrogens with zero attached hydrogens (tertiary/aromatic N) is 4. The van der Waals surface area contributed by atoms with Gasteiger partial charge in [-0.1, -0.05) is 6.07 Å². The number of H-pyrrole nitrogens is 1. The molecule has 10 heteroatoms. The highest BCUT2D eigenvalue weighted by molar-refractivity contribution is 5.81. The van der Waals surface area contributed by atoms with Crippen LogP contribution < -0.4 is 16.6 Å². The molecule has 1 fully saturated rings. The second-order valence-corrected chi connectivity index (χ2v) is 7.40. The van der Waals surface area contributed by atoms with Crippen molar-refractivity contribution in [1.29, 1.82) is 0 Å². The second-order valence-electron chi connectivity index (χ2n) is 7.40. The number of pyridine rings is 1. The Kier molecular flexibility index (Phi) is 4.62. The zero-order valence-electron chi connectivity index (χ0n) is 15.6. The van der Waals surface area contributed by atoms with Crippen molar-refractivity contribution in [2.75, 3.05) is 25.4 Å². The number of carbonyl (C=O) groups excluding carboxylic acids is 2. The number of hydrogen-bond donors (Lipinski definition) is 3. The zero-order chi connectivity index (χ0) is 19.8. The predicted octanol–water partition coefficient (Wildman–Crippen LogP) is -0.586. The Morgan fingerprint density at radius 1 is 1.36 bits per heavy atom. The molecule has 0 saturated carbocycles. The van der Waals surface area contributed by atoms with E-state index in [0.717, 1.165) is 12.1 Å². The van der Waals surface area contributed by atoms with E-state index in [9.17, 15) is 14.4 Å². The zero-order valence-corrected chi connectivity index (χ0v) is 15.6. The number of carbonyl (C=O) groups is 2. The molecule has 2 bridgehead atoms. The maximum atomic E-state index is 13.0. The highest BCUT2D eigenvalue weighted by Gasteiger charge is 2.44. The molecule has 0 radical (unpaired) electrons. The fraction of sp³-hybridized carbons (Fsp3) is 0.500. The van der Waals surface area contributed by atoms with E-state index >= 15 is 0 Å². The first kappa shape index (κ1) is 18.2. The van der Waals surface area contributed by atoms with E-state index in [1.54, 1.807) is 15.5 Å². The third-order valence-electron chi connectivity index (χ3n) is 5.57. The van der Waals surface area contributed by atoms with Gasteiger partial charge >= 0.3 is 0 Å². The fourth-order valence-electron chi connectivity index (χ4n) is 4.36. The minimum absolute atomic E-state index is 0.0107. The van der Waals surface area contributed by atoms with Gasteiger partial charge in [-0.3, -0.25) is 24.0 Å². The van der Waals surface area contributed by atoms with E-state index in [1.807, 2.05) is 6.07 Å². The summed E-state index contributed by atoms with van der Waals surface area (Å²) >= 11 is 0. The minimum Gasteiger partial charge on any atom is -0.367 e. The molecule has 28 heavy (non-hydrogen) atoms. The molecule has 4 heterocycles. The van der Waals surface area contributed by atoms with Gasteiger partial charge in [-0.05, 0) is 12.5 Å². The smallest absolute Gasteiger partial charge is 0.251 e. The summed E-state index contributed by atoms with van der Waals surface area (Å²) in [6, 6.07) is 4.43. The van der Waals surface area contributed by atoms with E-state index < -0.39 is 6.04 Å². The number of anilines is 1. The number of nitrogens with one attached hydrogen (secondary N) is 2. The minimum atomic E-state index is -0.637. The van der Waals surface area contributed by atoms with Gasteiger partial charge in [0.05, 0.1) is 0 Å². The molecule has 148 valence electrons. The van der Waals surface area contributed by atoms with Gasteiger partial charge in [0, 0.05) is 56.6 Å². The van der Waals surface area contributed by atoms with Crippen LogP contribution in [0.25, 0.3) is 0 Å². The predicted molar refractivity (Wildman–Crippen MR) is 100 cm³/mol. The van der Waals surface area contributed by atoms with Crippen LogP contribution in [-0.2, 0) is 16.0 Å². The molecule has 4 N–H and O–H groups in total. The van der Waals surface area contributed by atoms with Crippen molar-refractivity contribution in [2.24, 2.45) is 5.92 Å². The van der Waals surface area contributed by atoms with E-state index in [4.69, 9.17) is 5.73 Å². The average Bonchev–Trinajstić information content (AvgIpc) is 3.07. The van der Waals surface area contributed by atoms with Gasteiger partial charge in [0.15, 0.2) is 0 Å². The van der Waals surface area contributed by atoms with Crippen LogP contribution in [0.15, 0.2) is 23.0 Å². The van der Waals surface area contributed by atoms with Gasteiger partial charge in [-0.25, -0.2) is 0 Å². The molecule has 2 aromatic heterocycles. The first-order valence-electron chi connectivity index (χ1n) is 9.35. The summed E-state index contributed by atoms with van der Waals surface area (Å²) < 4.78 is 1.61. The number of fused-ring (bicyclic) bond motifs is 4. The molecule has 2 aromatic rings. The Hall–Kier alpha value is -3.17. The second kappa shape index (κ2) is 7.10. The lowest BCUT2D eigenvalue weighted by Gasteiger charge is -2.46. The summed E-state index contributed by atoms with van der Waals surface area (Å²) in [7, 11) is 0. The molecule has 1 saturated heterocycles. The van der Waals surface area contributed by atoms with Gasteiger partial charge < -0.3 is 16.0 Å². The summed E-state index contributed by atoms with van der Waals surface area (Å²) in [6.45, 7) is 2.94. The van der Waals surface area contributed by atoms with Gasteiger partial charge in [0.2, 0.25) is 17.8 Å². The van der Waals surface area contributed by atoms with E-state index in [1.165, 1.54) is 13.0 Å². The van der Waals surface area contributed by atoms with Crippen molar-refractivity contribution in [3.8, 4) is 0 Å². The molecule has 2 aliphatic heterocycles. The van der Waals surface area contributed by atoms with Crippen molar-refractivity contribution in [3.63, 3.8) is 0 Å². The maximum Gasteiger partial charge on any atom is 0.251 e. The van der Waals surface area contributed by atoms with Gasteiger partial charge in [-0.15, -0.1) is 5.10 Å². The first-order chi connectivity index (χ1) is 13.4. The SMILES string of the molecule is CC(=O)N1C[C@H]2C[C@@H](C1)[C@H](C(=O)NCCc1nc(N)n[nH]1)n1c2cccc1=O. The molecule has 3 atom stereocenters. The van der Waals surface area contributed by atoms with Crippen LogP contribution in [0.4, 0.5) is 5.95 Å².